The SMILES string of the molecule is CN(C)c1cc(F)c(F)cc1CN1C[C@H]2N(C(=O)CN(C)N2C(=O)NCc2ccccc2)[C@@H](Cc2ccc(O)cc2)C1=O.S.S. The van der Waals surface area contributed by atoms with Gasteiger partial charge in [-0.25, -0.2) is 23.6 Å². The van der Waals surface area contributed by atoms with Crippen molar-refractivity contribution in [3.8, 4) is 5.75 Å². The van der Waals surface area contributed by atoms with Gasteiger partial charge in [0.2, 0.25) is 11.8 Å². The number of rotatable bonds is 7. The Hall–Kier alpha value is -4.01. The predicted octanol–water partition coefficient (Wildman–Crippen LogP) is 3.14. The maximum absolute atomic E-state index is 14.4. The maximum Gasteiger partial charge on any atom is 0.334 e. The molecule has 5 rings (SSSR count). The molecular weight excluding hydrogens is 623 g/mol. The molecule has 0 bridgehead atoms. The third kappa shape index (κ3) is 7.63. The van der Waals surface area contributed by atoms with E-state index in [-0.39, 0.29) is 77.2 Å². The fourth-order valence-electron chi connectivity index (χ4n) is 5.68. The standard InChI is InChI=1S/C31H34F2N6O4.2H2S/c1-35(2)26-15-25(33)24(32)14-22(26)17-37-18-28-38(27(30(37)42)13-20-9-11-23(40)12-10-20)29(41)19-36(3)39(28)31(43)34-16-21-7-5-4-6-8-21;;/h4-12,14-15,27-28,40H,13,16-19H2,1-3H3,(H,34,43);2*1H2/t27-,28-;;/m0../s1. The highest BCUT2D eigenvalue weighted by molar-refractivity contribution is 7.59. The summed E-state index contributed by atoms with van der Waals surface area (Å²) < 4.78 is 28.5. The van der Waals surface area contributed by atoms with Crippen molar-refractivity contribution in [1.82, 2.24) is 25.1 Å². The highest BCUT2D eigenvalue weighted by Crippen LogP contribution is 2.31. The number of piperazine rings is 1. The van der Waals surface area contributed by atoms with Crippen molar-refractivity contribution in [2.75, 3.05) is 39.1 Å². The topological polar surface area (TPSA) is 99.7 Å². The number of benzene rings is 3. The number of hydrazine groups is 1. The van der Waals surface area contributed by atoms with Gasteiger partial charge in [0.1, 0.15) is 18.0 Å². The zero-order valence-electron chi connectivity index (χ0n) is 25.2. The first kappa shape index (κ1) is 35.5. The minimum Gasteiger partial charge on any atom is -0.508 e. The number of nitrogens with zero attached hydrogens (tertiary/aromatic N) is 5. The Morgan fingerprint density at radius 2 is 1.62 bits per heavy atom. The first-order valence-electron chi connectivity index (χ1n) is 13.9. The number of phenolic OH excluding ortho intramolecular Hbond substituents is 1. The summed E-state index contributed by atoms with van der Waals surface area (Å²) in [6, 6.07) is 16.4. The van der Waals surface area contributed by atoms with Gasteiger partial charge in [0.25, 0.3) is 0 Å². The van der Waals surface area contributed by atoms with Gasteiger partial charge in [-0.3, -0.25) is 9.59 Å². The van der Waals surface area contributed by atoms with Crippen molar-refractivity contribution in [2.45, 2.75) is 31.7 Å². The van der Waals surface area contributed by atoms with Crippen LogP contribution in [0.15, 0.2) is 66.7 Å². The number of amides is 4. The predicted molar refractivity (Wildman–Crippen MR) is 176 cm³/mol. The van der Waals surface area contributed by atoms with Gasteiger partial charge in [-0.15, -0.1) is 0 Å². The van der Waals surface area contributed by atoms with Crippen LogP contribution in [0.1, 0.15) is 16.7 Å². The van der Waals surface area contributed by atoms with E-state index < -0.39 is 29.9 Å². The van der Waals surface area contributed by atoms with E-state index in [2.05, 4.69) is 5.32 Å². The second-order valence-electron chi connectivity index (χ2n) is 11.0. The molecule has 0 saturated carbocycles. The first-order valence-corrected chi connectivity index (χ1v) is 13.9. The van der Waals surface area contributed by atoms with Crippen molar-refractivity contribution in [2.24, 2.45) is 0 Å². The number of hydrogen-bond acceptors (Lipinski definition) is 6. The Morgan fingerprint density at radius 3 is 2.27 bits per heavy atom. The van der Waals surface area contributed by atoms with E-state index in [1.165, 1.54) is 32.0 Å². The summed E-state index contributed by atoms with van der Waals surface area (Å²) in [6.07, 6.45) is -0.741. The molecule has 3 aromatic carbocycles. The Morgan fingerprint density at radius 1 is 0.978 bits per heavy atom. The molecule has 2 fully saturated rings. The zero-order valence-corrected chi connectivity index (χ0v) is 27.2. The van der Waals surface area contributed by atoms with E-state index in [0.717, 1.165) is 17.7 Å². The summed E-state index contributed by atoms with van der Waals surface area (Å²) in [6.45, 7) is 0.0107. The Kier molecular flexibility index (Phi) is 11.7. The molecule has 0 radical (unpaired) electrons. The third-order valence-corrected chi connectivity index (χ3v) is 7.76. The minimum absolute atomic E-state index is 0. The van der Waals surface area contributed by atoms with Crippen molar-refractivity contribution >= 4 is 50.5 Å². The highest BCUT2D eigenvalue weighted by atomic mass is 32.1. The zero-order chi connectivity index (χ0) is 30.8. The van der Waals surface area contributed by atoms with Crippen LogP contribution in [-0.4, -0.2) is 89.2 Å². The lowest BCUT2D eigenvalue weighted by Crippen LogP contribution is -2.76. The molecule has 0 unspecified atom stereocenters. The maximum atomic E-state index is 14.4. The summed E-state index contributed by atoms with van der Waals surface area (Å²) in [5.41, 5.74) is 2.37. The van der Waals surface area contributed by atoms with Gasteiger partial charge in [-0.1, -0.05) is 42.5 Å². The quantitative estimate of drug-likeness (QED) is 0.404. The van der Waals surface area contributed by atoms with Gasteiger partial charge in [-0.2, -0.15) is 27.0 Å². The largest absolute Gasteiger partial charge is 0.508 e. The molecule has 2 atom stereocenters. The number of carbonyl (C=O) groups excluding carboxylic acids is 3. The molecule has 2 saturated heterocycles. The van der Waals surface area contributed by atoms with Crippen molar-refractivity contribution in [3.05, 3.63) is 95.1 Å². The number of aromatic hydroxyl groups is 1. The Bertz CT molecular complexity index is 1520. The van der Waals surface area contributed by atoms with Crippen LogP contribution in [-0.2, 0) is 29.1 Å². The molecule has 0 aromatic heterocycles. The number of phenols is 1. The fraction of sp³-hybridized carbons (Fsp3) is 0.323. The molecule has 2 N–H and O–H groups in total. The van der Waals surface area contributed by atoms with E-state index >= 15 is 0 Å². The van der Waals surface area contributed by atoms with E-state index in [1.54, 1.807) is 38.2 Å². The lowest BCUT2D eigenvalue weighted by atomic mass is 9.98. The fourth-order valence-corrected chi connectivity index (χ4v) is 5.68. The summed E-state index contributed by atoms with van der Waals surface area (Å²) >= 11 is 0. The molecular formula is C31H38F2N6O4S2. The van der Waals surface area contributed by atoms with Gasteiger partial charge in [0.05, 0.1) is 13.1 Å². The molecule has 0 aliphatic carbocycles. The number of carbonyl (C=O) groups is 3. The summed E-state index contributed by atoms with van der Waals surface area (Å²) in [7, 11) is 5.01. The van der Waals surface area contributed by atoms with Crippen LogP contribution in [0.3, 0.4) is 0 Å². The summed E-state index contributed by atoms with van der Waals surface area (Å²) in [5.74, 6) is -2.69. The van der Waals surface area contributed by atoms with Gasteiger partial charge < -0.3 is 25.1 Å². The number of likely N-dealkylation sites (N-methyl/N-ethyl adjacent to an activating group) is 1. The van der Waals surface area contributed by atoms with E-state index in [4.69, 9.17) is 0 Å². The van der Waals surface area contributed by atoms with Crippen molar-refractivity contribution in [3.63, 3.8) is 0 Å². The lowest BCUT2D eigenvalue weighted by Gasteiger charge is -2.54. The smallest absolute Gasteiger partial charge is 0.334 e. The van der Waals surface area contributed by atoms with E-state index in [9.17, 15) is 28.3 Å². The Labute approximate surface area is 275 Å². The van der Waals surface area contributed by atoms with Gasteiger partial charge >= 0.3 is 6.03 Å². The lowest BCUT2D eigenvalue weighted by molar-refractivity contribution is -0.187. The van der Waals surface area contributed by atoms with Crippen molar-refractivity contribution < 1.29 is 28.3 Å². The van der Waals surface area contributed by atoms with E-state index in [0.29, 0.717) is 16.8 Å². The normalized spacial score (nSPS) is 18.1. The van der Waals surface area contributed by atoms with Crippen LogP contribution in [0.4, 0.5) is 19.3 Å². The minimum atomic E-state index is -1.04. The molecule has 242 valence electrons. The van der Waals surface area contributed by atoms with Gasteiger partial charge in [0, 0.05) is 52.4 Å². The number of nitrogens with one attached hydrogen (secondary N) is 1. The highest BCUT2D eigenvalue weighted by Gasteiger charge is 2.50. The van der Waals surface area contributed by atoms with Crippen LogP contribution in [0.25, 0.3) is 0 Å². The monoisotopic (exact) mass is 660 g/mol. The molecule has 3 aromatic rings. The first-order chi connectivity index (χ1) is 20.5. The average molecular weight is 661 g/mol. The third-order valence-electron chi connectivity index (χ3n) is 7.76. The second kappa shape index (κ2) is 14.8. The molecule has 2 heterocycles. The van der Waals surface area contributed by atoms with Crippen LogP contribution >= 0.6 is 27.0 Å². The van der Waals surface area contributed by atoms with Gasteiger partial charge in [-0.05, 0) is 34.9 Å². The summed E-state index contributed by atoms with van der Waals surface area (Å²) in [5, 5.41) is 15.6. The molecule has 10 nitrogen and oxygen atoms in total. The number of halogens is 2. The van der Waals surface area contributed by atoms with Crippen LogP contribution < -0.4 is 10.2 Å². The number of hydrogen-bond donors (Lipinski definition) is 2. The second-order valence-corrected chi connectivity index (χ2v) is 11.0. The molecule has 2 aliphatic rings. The van der Waals surface area contributed by atoms with Crippen LogP contribution in [0, 0.1) is 11.6 Å². The number of fused-ring (bicyclic) bond motifs is 1. The average Bonchev–Trinajstić information content (AvgIpc) is 2.97. The Balaban J connectivity index is 0.00000276. The molecule has 0 spiro atoms. The summed E-state index contributed by atoms with van der Waals surface area (Å²) in [4.78, 5) is 45.8. The molecule has 2 aliphatic heterocycles. The number of anilines is 1. The van der Waals surface area contributed by atoms with Crippen molar-refractivity contribution in [1.29, 1.82) is 0 Å². The molecule has 45 heavy (non-hydrogen) atoms. The van der Waals surface area contributed by atoms with E-state index in [1.807, 2.05) is 30.3 Å². The molecule has 14 heteroatoms. The number of urea groups is 1. The van der Waals surface area contributed by atoms with Gasteiger partial charge in [0.15, 0.2) is 11.6 Å². The molecule has 4 amide bonds. The van der Waals surface area contributed by atoms with Crippen LogP contribution in [0.5, 0.6) is 5.75 Å². The van der Waals surface area contributed by atoms with Crippen LogP contribution in [0.2, 0.25) is 0 Å².